The summed E-state index contributed by atoms with van der Waals surface area (Å²) >= 11 is 1.68. The summed E-state index contributed by atoms with van der Waals surface area (Å²) in [6.07, 6.45) is 1.05. The number of hydrogen-bond donors (Lipinski definition) is 1. The largest absolute Gasteiger partial charge is 0.320 e. The van der Waals surface area contributed by atoms with Crippen molar-refractivity contribution in [3.63, 3.8) is 0 Å². The lowest BCUT2D eigenvalue weighted by atomic mass is 9.99. The Balaban J connectivity index is 2.17. The minimum atomic E-state index is -0.0490. The second-order valence-electron chi connectivity index (χ2n) is 5.82. The normalized spacial score (nSPS) is 24.6. The fourth-order valence-corrected chi connectivity index (χ4v) is 3.21. The minimum absolute atomic E-state index is 0.0349. The van der Waals surface area contributed by atoms with Gasteiger partial charge in [0.05, 0.1) is 6.04 Å². The molecule has 2 rings (SSSR count). The Kier molecular flexibility index (Phi) is 5.18. The van der Waals surface area contributed by atoms with Crippen LogP contribution in [0.5, 0.6) is 0 Å². The quantitative estimate of drug-likeness (QED) is 0.873. The molecule has 5 heteroatoms. The maximum absolute atomic E-state index is 12.7. The second kappa shape index (κ2) is 6.70. The minimum Gasteiger partial charge on any atom is -0.320 e. The van der Waals surface area contributed by atoms with Crippen molar-refractivity contribution < 1.29 is 4.79 Å². The van der Waals surface area contributed by atoms with E-state index in [2.05, 4.69) is 40.9 Å². The molecule has 1 aromatic heterocycles. The molecule has 1 amide bonds. The third-order valence-electron chi connectivity index (χ3n) is 4.06. The van der Waals surface area contributed by atoms with Crippen molar-refractivity contribution in [1.29, 1.82) is 0 Å². The van der Waals surface area contributed by atoms with E-state index in [0.29, 0.717) is 5.92 Å². The van der Waals surface area contributed by atoms with Crippen LogP contribution < -0.4 is 5.32 Å². The highest BCUT2D eigenvalue weighted by atomic mass is 32.1. The van der Waals surface area contributed by atoms with Gasteiger partial charge >= 0.3 is 0 Å². The molecule has 1 fully saturated rings. The fraction of sp³-hybridized carbons (Fsp3) is 0.667. The van der Waals surface area contributed by atoms with Gasteiger partial charge in [-0.3, -0.25) is 10.1 Å². The number of hydrogen-bond acceptors (Lipinski definition) is 4. The Labute approximate surface area is 125 Å². The van der Waals surface area contributed by atoms with Crippen molar-refractivity contribution in [3.8, 4) is 0 Å². The van der Waals surface area contributed by atoms with Crippen LogP contribution in [0.1, 0.15) is 32.0 Å². The first kappa shape index (κ1) is 15.5. The maximum atomic E-state index is 12.7. The van der Waals surface area contributed by atoms with Crippen LogP contribution in [0.2, 0.25) is 0 Å². The zero-order chi connectivity index (χ0) is 14.7. The van der Waals surface area contributed by atoms with Crippen LogP contribution in [-0.4, -0.2) is 48.9 Å². The summed E-state index contributed by atoms with van der Waals surface area (Å²) in [6.45, 7) is 5.95. The first-order valence-electron chi connectivity index (χ1n) is 7.28. The molecule has 1 aromatic rings. The van der Waals surface area contributed by atoms with Crippen LogP contribution in [0.4, 0.5) is 0 Å². The van der Waals surface area contributed by atoms with Gasteiger partial charge in [-0.05, 0) is 42.4 Å². The van der Waals surface area contributed by atoms with Crippen LogP contribution in [-0.2, 0) is 4.79 Å². The van der Waals surface area contributed by atoms with E-state index in [1.165, 1.54) is 5.56 Å². The second-order valence-corrected chi connectivity index (χ2v) is 6.60. The van der Waals surface area contributed by atoms with Crippen LogP contribution in [0.25, 0.3) is 0 Å². The molecule has 0 spiro atoms. The number of nitrogens with zero attached hydrogens (tertiary/aromatic N) is 2. The van der Waals surface area contributed by atoms with Gasteiger partial charge in [0.2, 0.25) is 5.91 Å². The highest BCUT2D eigenvalue weighted by Gasteiger charge is 2.41. The number of carbonyl (C=O) groups excluding carboxylic acids is 1. The summed E-state index contributed by atoms with van der Waals surface area (Å²) in [7, 11) is 4.08. The summed E-state index contributed by atoms with van der Waals surface area (Å²) in [5, 5.41) is 7.74. The van der Waals surface area contributed by atoms with Gasteiger partial charge in [-0.2, -0.15) is 11.3 Å². The summed E-state index contributed by atoms with van der Waals surface area (Å²) < 4.78 is 0. The van der Waals surface area contributed by atoms with E-state index in [1.54, 1.807) is 11.3 Å². The summed E-state index contributed by atoms with van der Waals surface area (Å²) in [4.78, 5) is 16.8. The van der Waals surface area contributed by atoms with Crippen molar-refractivity contribution in [2.24, 2.45) is 5.92 Å². The maximum Gasteiger partial charge on any atom is 0.241 e. The first-order chi connectivity index (χ1) is 9.54. The smallest absolute Gasteiger partial charge is 0.241 e. The lowest BCUT2D eigenvalue weighted by Gasteiger charge is -2.25. The average molecular weight is 295 g/mol. The SMILES string of the molecule is CCC(C)C1NC(c2ccsc2)N(CCN(C)C)C1=O. The molecule has 3 atom stereocenters. The Morgan fingerprint density at radius 3 is 2.80 bits per heavy atom. The van der Waals surface area contributed by atoms with Crippen molar-refractivity contribution in [2.45, 2.75) is 32.5 Å². The molecule has 0 aliphatic carbocycles. The topological polar surface area (TPSA) is 35.6 Å². The molecule has 3 unspecified atom stereocenters. The molecule has 0 bridgehead atoms. The predicted molar refractivity (Wildman–Crippen MR) is 83.7 cm³/mol. The number of nitrogens with one attached hydrogen (secondary N) is 1. The molecule has 20 heavy (non-hydrogen) atoms. The van der Waals surface area contributed by atoms with Crippen LogP contribution in [0, 0.1) is 5.92 Å². The molecule has 1 aliphatic heterocycles. The number of thiophene rings is 1. The van der Waals surface area contributed by atoms with E-state index in [-0.39, 0.29) is 18.1 Å². The van der Waals surface area contributed by atoms with Gasteiger partial charge in [0.25, 0.3) is 0 Å². The Morgan fingerprint density at radius 1 is 1.50 bits per heavy atom. The van der Waals surface area contributed by atoms with Crippen LogP contribution in [0.3, 0.4) is 0 Å². The Morgan fingerprint density at radius 2 is 2.25 bits per heavy atom. The van der Waals surface area contributed by atoms with Crippen LogP contribution in [0.15, 0.2) is 16.8 Å². The van der Waals surface area contributed by atoms with Crippen molar-refractivity contribution >= 4 is 17.2 Å². The van der Waals surface area contributed by atoms with Gasteiger partial charge in [0.1, 0.15) is 6.17 Å². The molecule has 4 nitrogen and oxygen atoms in total. The highest BCUT2D eigenvalue weighted by molar-refractivity contribution is 7.07. The molecule has 112 valence electrons. The van der Waals surface area contributed by atoms with E-state index in [0.717, 1.165) is 19.5 Å². The van der Waals surface area contributed by atoms with E-state index in [9.17, 15) is 4.79 Å². The van der Waals surface area contributed by atoms with Crippen molar-refractivity contribution in [3.05, 3.63) is 22.4 Å². The van der Waals surface area contributed by atoms with Gasteiger partial charge in [0.15, 0.2) is 0 Å². The fourth-order valence-electron chi connectivity index (χ4n) is 2.53. The number of rotatable bonds is 6. The molecule has 0 radical (unpaired) electrons. The molecule has 1 N–H and O–H groups in total. The molecule has 1 saturated heterocycles. The molecule has 0 saturated carbocycles. The third kappa shape index (κ3) is 3.22. The first-order valence-corrected chi connectivity index (χ1v) is 8.22. The summed E-state index contributed by atoms with van der Waals surface area (Å²) in [5.41, 5.74) is 1.20. The van der Waals surface area contributed by atoms with E-state index in [4.69, 9.17) is 0 Å². The molecule has 0 aromatic carbocycles. The Hall–Kier alpha value is -0.910. The van der Waals surface area contributed by atoms with Crippen molar-refractivity contribution in [2.75, 3.05) is 27.2 Å². The molecular formula is C15H25N3OS. The monoisotopic (exact) mass is 295 g/mol. The number of carbonyl (C=O) groups is 1. The van der Waals surface area contributed by atoms with Crippen LogP contribution >= 0.6 is 11.3 Å². The van der Waals surface area contributed by atoms with Gasteiger partial charge in [-0.1, -0.05) is 20.3 Å². The van der Waals surface area contributed by atoms with Gasteiger partial charge in [-0.25, -0.2) is 0 Å². The number of amides is 1. The summed E-state index contributed by atoms with van der Waals surface area (Å²) in [5.74, 6) is 0.616. The van der Waals surface area contributed by atoms with E-state index >= 15 is 0 Å². The average Bonchev–Trinajstić information content (AvgIpc) is 3.03. The number of likely N-dealkylation sites (N-methyl/N-ethyl adjacent to an activating group) is 1. The van der Waals surface area contributed by atoms with Gasteiger partial charge in [-0.15, -0.1) is 0 Å². The van der Waals surface area contributed by atoms with Gasteiger partial charge in [0, 0.05) is 13.1 Å². The zero-order valence-electron chi connectivity index (χ0n) is 12.8. The molecule has 1 aliphatic rings. The lowest BCUT2D eigenvalue weighted by Crippen LogP contribution is -2.38. The zero-order valence-corrected chi connectivity index (χ0v) is 13.6. The lowest BCUT2D eigenvalue weighted by molar-refractivity contribution is -0.131. The Bertz CT molecular complexity index is 432. The summed E-state index contributed by atoms with van der Waals surface area (Å²) in [6, 6.07) is 2.06. The highest BCUT2D eigenvalue weighted by Crippen LogP contribution is 2.29. The molecule has 2 heterocycles. The van der Waals surface area contributed by atoms with Crippen molar-refractivity contribution in [1.82, 2.24) is 15.1 Å². The van der Waals surface area contributed by atoms with E-state index < -0.39 is 0 Å². The van der Waals surface area contributed by atoms with E-state index in [1.807, 2.05) is 19.0 Å². The predicted octanol–water partition coefficient (Wildman–Crippen LogP) is 2.15. The standard InChI is InChI=1S/C15H25N3OS/c1-5-11(2)13-15(19)18(8-7-17(3)4)14(16-13)12-6-9-20-10-12/h6,9-11,13-14,16H,5,7-8H2,1-4H3. The third-order valence-corrected chi connectivity index (χ3v) is 4.76. The molecular weight excluding hydrogens is 270 g/mol. The van der Waals surface area contributed by atoms with Gasteiger partial charge < -0.3 is 9.80 Å².